The van der Waals surface area contributed by atoms with Crippen LogP contribution in [-0.2, 0) is 23.9 Å². The molecule has 3 unspecified atom stereocenters. The lowest BCUT2D eigenvalue weighted by Gasteiger charge is -2.25. The average Bonchev–Trinajstić information content (AvgIpc) is 2.96. The van der Waals surface area contributed by atoms with Crippen LogP contribution in [0.2, 0.25) is 0 Å². The maximum Gasteiger partial charge on any atom is 0.346 e. The van der Waals surface area contributed by atoms with Gasteiger partial charge in [-0.25, -0.2) is 14.4 Å². The molecular formula is C16H12O6. The molecule has 2 heterocycles. The SMILES string of the molecule is O=C1OC(=O)C2=CC(C3C=C4C(=O)OC(O)C4=CC3)CC=C12. The summed E-state index contributed by atoms with van der Waals surface area (Å²) in [6.45, 7) is 0. The smallest absolute Gasteiger partial charge is 0.346 e. The molecule has 0 amide bonds. The van der Waals surface area contributed by atoms with Crippen molar-refractivity contribution in [3.8, 4) is 0 Å². The lowest BCUT2D eigenvalue weighted by Crippen LogP contribution is -2.18. The Hall–Kier alpha value is -2.47. The van der Waals surface area contributed by atoms with E-state index in [0.29, 0.717) is 35.1 Å². The van der Waals surface area contributed by atoms with Crippen molar-refractivity contribution in [2.24, 2.45) is 11.8 Å². The van der Waals surface area contributed by atoms with Gasteiger partial charge in [0, 0.05) is 5.57 Å². The van der Waals surface area contributed by atoms with E-state index in [1.807, 2.05) is 0 Å². The fourth-order valence-electron chi connectivity index (χ4n) is 3.30. The van der Waals surface area contributed by atoms with Crippen molar-refractivity contribution in [3.05, 3.63) is 46.6 Å². The van der Waals surface area contributed by atoms with E-state index in [0.717, 1.165) is 0 Å². The molecule has 2 aliphatic carbocycles. The minimum absolute atomic E-state index is 0.00500. The lowest BCUT2D eigenvalue weighted by atomic mass is 9.77. The third kappa shape index (κ3) is 1.80. The predicted octanol–water partition coefficient (Wildman–Crippen LogP) is 0.690. The van der Waals surface area contributed by atoms with Crippen molar-refractivity contribution in [1.82, 2.24) is 0 Å². The third-order valence-corrected chi connectivity index (χ3v) is 4.45. The molecule has 1 N–H and O–H groups in total. The van der Waals surface area contributed by atoms with Crippen molar-refractivity contribution in [2.75, 3.05) is 0 Å². The lowest BCUT2D eigenvalue weighted by molar-refractivity contribution is -0.151. The quantitative estimate of drug-likeness (QED) is 0.566. The summed E-state index contributed by atoms with van der Waals surface area (Å²) in [7, 11) is 0. The van der Waals surface area contributed by atoms with Gasteiger partial charge in [-0.1, -0.05) is 24.3 Å². The van der Waals surface area contributed by atoms with Gasteiger partial charge in [-0.05, 0) is 24.7 Å². The summed E-state index contributed by atoms with van der Waals surface area (Å²) in [4.78, 5) is 34.8. The van der Waals surface area contributed by atoms with Gasteiger partial charge in [-0.15, -0.1) is 0 Å². The molecule has 0 radical (unpaired) electrons. The maximum atomic E-state index is 11.7. The van der Waals surface area contributed by atoms with Crippen molar-refractivity contribution < 1.29 is 29.0 Å². The third-order valence-electron chi connectivity index (χ3n) is 4.45. The molecule has 2 aliphatic heterocycles. The van der Waals surface area contributed by atoms with Gasteiger partial charge in [0.25, 0.3) is 0 Å². The normalized spacial score (nSPS) is 33.1. The first-order valence-electron chi connectivity index (χ1n) is 7.05. The number of fused-ring (bicyclic) bond motifs is 2. The summed E-state index contributed by atoms with van der Waals surface area (Å²) >= 11 is 0. The highest BCUT2D eigenvalue weighted by Crippen LogP contribution is 2.39. The number of hydrogen-bond donors (Lipinski definition) is 1. The molecule has 0 saturated carbocycles. The van der Waals surface area contributed by atoms with Gasteiger partial charge in [-0.3, -0.25) is 0 Å². The first-order chi connectivity index (χ1) is 10.5. The van der Waals surface area contributed by atoms with E-state index in [4.69, 9.17) is 4.74 Å². The molecule has 0 aromatic carbocycles. The summed E-state index contributed by atoms with van der Waals surface area (Å²) in [6.07, 6.45) is 7.09. The molecule has 6 heteroatoms. The number of rotatable bonds is 1. The molecule has 3 atom stereocenters. The monoisotopic (exact) mass is 300 g/mol. The summed E-state index contributed by atoms with van der Waals surface area (Å²) in [5.41, 5.74) is 1.54. The number of carbonyl (C=O) groups excluding carboxylic acids is 3. The Morgan fingerprint density at radius 3 is 2.27 bits per heavy atom. The first-order valence-corrected chi connectivity index (χ1v) is 7.05. The number of allylic oxidation sites excluding steroid dienone is 4. The van der Waals surface area contributed by atoms with E-state index in [1.165, 1.54) is 0 Å². The molecule has 2 saturated heterocycles. The molecular weight excluding hydrogens is 288 g/mol. The maximum absolute atomic E-state index is 11.7. The van der Waals surface area contributed by atoms with E-state index in [2.05, 4.69) is 4.74 Å². The van der Waals surface area contributed by atoms with E-state index < -0.39 is 24.2 Å². The van der Waals surface area contributed by atoms with E-state index in [9.17, 15) is 19.5 Å². The second kappa shape index (κ2) is 4.51. The van der Waals surface area contributed by atoms with Gasteiger partial charge in [-0.2, -0.15) is 0 Å². The second-order valence-corrected chi connectivity index (χ2v) is 5.67. The standard InChI is InChI=1S/C16H12O6/c17-13-9-3-1-7(5-11(9)15(19)21-13)8-2-4-10-12(6-8)16(20)22-14(10)18/h3-8,13,17H,1-2H2. The van der Waals surface area contributed by atoms with Gasteiger partial charge in [0.1, 0.15) is 0 Å². The largest absolute Gasteiger partial charge is 0.428 e. The van der Waals surface area contributed by atoms with Crippen LogP contribution in [0.3, 0.4) is 0 Å². The van der Waals surface area contributed by atoms with Crippen LogP contribution in [0, 0.1) is 11.8 Å². The van der Waals surface area contributed by atoms with Crippen LogP contribution in [0.4, 0.5) is 0 Å². The first kappa shape index (κ1) is 13.2. The highest BCUT2D eigenvalue weighted by atomic mass is 16.6. The van der Waals surface area contributed by atoms with Gasteiger partial charge >= 0.3 is 17.9 Å². The molecule has 4 rings (SSSR count). The Kier molecular flexibility index (Phi) is 2.71. The zero-order chi connectivity index (χ0) is 15.4. The Morgan fingerprint density at radius 1 is 0.864 bits per heavy atom. The number of carbonyl (C=O) groups is 3. The summed E-state index contributed by atoms with van der Waals surface area (Å²) in [5, 5.41) is 9.61. The Balaban J connectivity index is 1.62. The minimum Gasteiger partial charge on any atom is -0.428 e. The Morgan fingerprint density at radius 2 is 1.50 bits per heavy atom. The zero-order valence-corrected chi connectivity index (χ0v) is 11.4. The zero-order valence-electron chi connectivity index (χ0n) is 11.4. The average molecular weight is 300 g/mol. The fourth-order valence-corrected chi connectivity index (χ4v) is 3.30. The van der Waals surface area contributed by atoms with Crippen LogP contribution in [0.5, 0.6) is 0 Å². The van der Waals surface area contributed by atoms with E-state index in [-0.39, 0.29) is 11.8 Å². The van der Waals surface area contributed by atoms with Gasteiger partial charge < -0.3 is 14.6 Å². The van der Waals surface area contributed by atoms with Crippen molar-refractivity contribution >= 4 is 17.9 Å². The molecule has 22 heavy (non-hydrogen) atoms. The summed E-state index contributed by atoms with van der Waals surface area (Å²) in [6, 6.07) is 0. The molecule has 2 fully saturated rings. The topological polar surface area (TPSA) is 89.9 Å². The van der Waals surface area contributed by atoms with Crippen LogP contribution in [0.1, 0.15) is 12.8 Å². The van der Waals surface area contributed by atoms with E-state index >= 15 is 0 Å². The number of aliphatic hydroxyl groups is 1. The van der Waals surface area contributed by atoms with Gasteiger partial charge in [0.2, 0.25) is 6.29 Å². The van der Waals surface area contributed by atoms with E-state index in [1.54, 1.807) is 24.3 Å². The van der Waals surface area contributed by atoms with Gasteiger partial charge in [0.05, 0.1) is 16.7 Å². The molecule has 0 spiro atoms. The second-order valence-electron chi connectivity index (χ2n) is 5.67. The van der Waals surface area contributed by atoms with Crippen LogP contribution in [0.25, 0.3) is 0 Å². The Labute approximate surface area is 125 Å². The number of hydrogen-bond acceptors (Lipinski definition) is 6. The molecule has 0 bridgehead atoms. The molecule has 0 aromatic rings. The number of aliphatic hydroxyl groups excluding tert-OH is 1. The predicted molar refractivity (Wildman–Crippen MR) is 71.7 cm³/mol. The van der Waals surface area contributed by atoms with Crippen molar-refractivity contribution in [3.63, 3.8) is 0 Å². The van der Waals surface area contributed by atoms with Crippen molar-refractivity contribution in [2.45, 2.75) is 19.1 Å². The summed E-state index contributed by atoms with van der Waals surface area (Å²) < 4.78 is 9.37. The number of esters is 3. The number of cyclic esters (lactones) is 3. The highest BCUT2D eigenvalue weighted by Gasteiger charge is 2.40. The molecule has 6 nitrogen and oxygen atoms in total. The molecule has 4 aliphatic rings. The molecule has 112 valence electrons. The van der Waals surface area contributed by atoms with Crippen LogP contribution in [-0.4, -0.2) is 29.3 Å². The number of ether oxygens (including phenoxy) is 2. The minimum atomic E-state index is -1.18. The van der Waals surface area contributed by atoms with Crippen LogP contribution >= 0.6 is 0 Å². The highest BCUT2D eigenvalue weighted by molar-refractivity contribution is 6.18. The molecule has 0 aromatic heterocycles. The fraction of sp³-hybridized carbons (Fsp3) is 0.312. The van der Waals surface area contributed by atoms with Crippen LogP contribution in [0.15, 0.2) is 46.6 Å². The van der Waals surface area contributed by atoms with Gasteiger partial charge in [0.15, 0.2) is 0 Å². The van der Waals surface area contributed by atoms with Crippen molar-refractivity contribution in [1.29, 1.82) is 0 Å². The Bertz CT molecular complexity index is 736. The summed E-state index contributed by atoms with van der Waals surface area (Å²) in [5.74, 6) is -1.74. The van der Waals surface area contributed by atoms with Crippen LogP contribution < -0.4 is 0 Å².